The van der Waals surface area contributed by atoms with Gasteiger partial charge in [0.25, 0.3) is 0 Å². The number of hydrogen-bond donors (Lipinski definition) is 2. The van der Waals surface area contributed by atoms with Crippen molar-refractivity contribution in [3.63, 3.8) is 0 Å². The molecule has 4 heteroatoms. The molecule has 0 aliphatic rings. The molecule has 0 saturated heterocycles. The standard InChI is InChI=1S/C12H11NO2S/c13-11(12(14)15)9-3-1-2-8(6-9)10-4-5-16-7-10/h1-7,11H,13H2,(H,14,15)/t11-/m0/s1. The Labute approximate surface area is 97.2 Å². The van der Waals surface area contributed by atoms with Gasteiger partial charge in [0, 0.05) is 0 Å². The number of carbonyl (C=O) groups is 1. The summed E-state index contributed by atoms with van der Waals surface area (Å²) in [6.45, 7) is 0. The first-order chi connectivity index (χ1) is 7.68. The number of carboxylic acids is 1. The van der Waals surface area contributed by atoms with E-state index in [2.05, 4.69) is 0 Å². The maximum atomic E-state index is 10.8. The second-order valence-electron chi connectivity index (χ2n) is 3.45. The average Bonchev–Trinajstić information content (AvgIpc) is 2.81. The van der Waals surface area contributed by atoms with E-state index in [0.717, 1.165) is 11.1 Å². The molecule has 0 spiro atoms. The van der Waals surface area contributed by atoms with Gasteiger partial charge >= 0.3 is 5.97 Å². The molecule has 3 nitrogen and oxygen atoms in total. The molecule has 1 atom stereocenters. The molecule has 1 aromatic heterocycles. The number of rotatable bonds is 3. The second kappa shape index (κ2) is 4.47. The molecule has 0 fully saturated rings. The van der Waals surface area contributed by atoms with Gasteiger partial charge in [0.15, 0.2) is 0 Å². The normalized spacial score (nSPS) is 12.3. The fourth-order valence-electron chi connectivity index (χ4n) is 1.48. The maximum absolute atomic E-state index is 10.8. The molecule has 2 rings (SSSR count). The maximum Gasteiger partial charge on any atom is 0.325 e. The molecule has 1 heterocycles. The quantitative estimate of drug-likeness (QED) is 0.856. The number of hydrogen-bond acceptors (Lipinski definition) is 3. The van der Waals surface area contributed by atoms with Crippen LogP contribution < -0.4 is 5.73 Å². The Morgan fingerprint density at radius 1 is 1.31 bits per heavy atom. The lowest BCUT2D eigenvalue weighted by Gasteiger charge is -2.08. The third-order valence-corrected chi connectivity index (χ3v) is 3.05. The highest BCUT2D eigenvalue weighted by Gasteiger charge is 2.14. The first-order valence-electron chi connectivity index (χ1n) is 4.79. The van der Waals surface area contributed by atoms with Gasteiger partial charge in [0.1, 0.15) is 6.04 Å². The summed E-state index contributed by atoms with van der Waals surface area (Å²) in [4.78, 5) is 10.8. The molecule has 82 valence electrons. The van der Waals surface area contributed by atoms with E-state index in [-0.39, 0.29) is 0 Å². The Morgan fingerprint density at radius 2 is 2.12 bits per heavy atom. The molecule has 0 aliphatic carbocycles. The first-order valence-corrected chi connectivity index (χ1v) is 5.73. The van der Waals surface area contributed by atoms with Crippen LogP contribution in [0.5, 0.6) is 0 Å². The van der Waals surface area contributed by atoms with Crippen molar-refractivity contribution in [3.8, 4) is 11.1 Å². The summed E-state index contributed by atoms with van der Waals surface area (Å²) in [6.07, 6.45) is 0. The van der Waals surface area contributed by atoms with Gasteiger partial charge in [-0.15, -0.1) is 0 Å². The van der Waals surface area contributed by atoms with Crippen LogP contribution in [0.3, 0.4) is 0 Å². The monoisotopic (exact) mass is 233 g/mol. The van der Waals surface area contributed by atoms with Crippen molar-refractivity contribution in [2.75, 3.05) is 0 Å². The predicted octanol–water partition coefficient (Wildman–Crippen LogP) is 2.50. The van der Waals surface area contributed by atoms with Gasteiger partial charge in [0.2, 0.25) is 0 Å². The van der Waals surface area contributed by atoms with Crippen molar-refractivity contribution in [1.29, 1.82) is 0 Å². The van der Waals surface area contributed by atoms with Crippen molar-refractivity contribution in [3.05, 3.63) is 46.7 Å². The van der Waals surface area contributed by atoms with Crippen molar-refractivity contribution in [2.24, 2.45) is 5.73 Å². The average molecular weight is 233 g/mol. The van der Waals surface area contributed by atoms with Gasteiger partial charge in [-0.2, -0.15) is 11.3 Å². The van der Waals surface area contributed by atoms with Gasteiger partial charge in [0.05, 0.1) is 0 Å². The third kappa shape index (κ3) is 2.13. The van der Waals surface area contributed by atoms with Crippen LogP contribution in [0.15, 0.2) is 41.1 Å². The Hall–Kier alpha value is -1.65. The Morgan fingerprint density at radius 3 is 2.75 bits per heavy atom. The van der Waals surface area contributed by atoms with E-state index in [1.807, 2.05) is 35.0 Å². The lowest BCUT2D eigenvalue weighted by molar-refractivity contribution is -0.138. The van der Waals surface area contributed by atoms with Crippen molar-refractivity contribution in [1.82, 2.24) is 0 Å². The molecule has 0 aliphatic heterocycles. The molecule has 16 heavy (non-hydrogen) atoms. The molecular formula is C12H11NO2S. The summed E-state index contributed by atoms with van der Waals surface area (Å²) in [5, 5.41) is 12.8. The fourth-order valence-corrected chi connectivity index (χ4v) is 2.15. The molecule has 1 aromatic carbocycles. The van der Waals surface area contributed by atoms with Gasteiger partial charge in [-0.3, -0.25) is 4.79 Å². The first kappa shape index (κ1) is 10.9. The van der Waals surface area contributed by atoms with E-state index in [1.54, 1.807) is 17.4 Å². The zero-order valence-corrected chi connectivity index (χ0v) is 9.28. The number of aliphatic carboxylic acids is 1. The Balaban J connectivity index is 2.37. The summed E-state index contributed by atoms with van der Waals surface area (Å²) in [5.41, 5.74) is 8.27. The summed E-state index contributed by atoms with van der Waals surface area (Å²) < 4.78 is 0. The molecule has 0 radical (unpaired) electrons. The number of thiophene rings is 1. The van der Waals surface area contributed by atoms with Crippen molar-refractivity contribution >= 4 is 17.3 Å². The van der Waals surface area contributed by atoms with E-state index < -0.39 is 12.0 Å². The summed E-state index contributed by atoms with van der Waals surface area (Å²) in [5.74, 6) is -1.01. The van der Waals surface area contributed by atoms with Gasteiger partial charge < -0.3 is 10.8 Å². The lowest BCUT2D eigenvalue weighted by atomic mass is 10.0. The van der Waals surface area contributed by atoms with Gasteiger partial charge in [-0.05, 0) is 39.6 Å². The summed E-state index contributed by atoms with van der Waals surface area (Å²) in [7, 11) is 0. The van der Waals surface area contributed by atoms with Crippen LogP contribution in [0, 0.1) is 0 Å². The smallest absolute Gasteiger partial charge is 0.325 e. The number of benzene rings is 1. The minimum Gasteiger partial charge on any atom is -0.480 e. The van der Waals surface area contributed by atoms with Gasteiger partial charge in [-0.1, -0.05) is 18.2 Å². The fraction of sp³-hybridized carbons (Fsp3) is 0.0833. The Kier molecular flexibility index (Phi) is 3.03. The van der Waals surface area contributed by atoms with Gasteiger partial charge in [-0.25, -0.2) is 0 Å². The molecule has 2 aromatic rings. The topological polar surface area (TPSA) is 63.3 Å². The molecule has 0 amide bonds. The highest BCUT2D eigenvalue weighted by Crippen LogP contribution is 2.24. The second-order valence-corrected chi connectivity index (χ2v) is 4.23. The van der Waals surface area contributed by atoms with Crippen LogP contribution in [-0.2, 0) is 4.79 Å². The summed E-state index contributed by atoms with van der Waals surface area (Å²) in [6, 6.07) is 8.36. The van der Waals surface area contributed by atoms with Crippen molar-refractivity contribution in [2.45, 2.75) is 6.04 Å². The minimum atomic E-state index is -1.01. The van der Waals surface area contributed by atoms with E-state index in [4.69, 9.17) is 10.8 Å². The minimum absolute atomic E-state index is 0.621. The summed E-state index contributed by atoms with van der Waals surface area (Å²) >= 11 is 1.61. The molecule has 3 N–H and O–H groups in total. The molecule has 0 bridgehead atoms. The van der Waals surface area contributed by atoms with Crippen LogP contribution in [0.4, 0.5) is 0 Å². The zero-order chi connectivity index (χ0) is 11.5. The van der Waals surface area contributed by atoms with Crippen LogP contribution in [0.1, 0.15) is 11.6 Å². The van der Waals surface area contributed by atoms with E-state index in [9.17, 15) is 4.79 Å². The van der Waals surface area contributed by atoms with E-state index in [0.29, 0.717) is 5.56 Å². The molecular weight excluding hydrogens is 222 g/mol. The molecule has 0 saturated carbocycles. The van der Waals surface area contributed by atoms with Crippen LogP contribution in [-0.4, -0.2) is 11.1 Å². The number of carboxylic acid groups (broad SMARTS) is 1. The SMILES string of the molecule is N[C@H](C(=O)O)c1cccc(-c2ccsc2)c1. The van der Waals surface area contributed by atoms with E-state index >= 15 is 0 Å². The highest BCUT2D eigenvalue weighted by molar-refractivity contribution is 7.08. The Bertz CT molecular complexity index is 493. The van der Waals surface area contributed by atoms with Crippen LogP contribution in [0.25, 0.3) is 11.1 Å². The van der Waals surface area contributed by atoms with Crippen LogP contribution in [0.2, 0.25) is 0 Å². The van der Waals surface area contributed by atoms with Crippen LogP contribution >= 0.6 is 11.3 Å². The number of nitrogens with two attached hydrogens (primary N) is 1. The highest BCUT2D eigenvalue weighted by atomic mass is 32.1. The predicted molar refractivity (Wildman–Crippen MR) is 64.3 cm³/mol. The zero-order valence-electron chi connectivity index (χ0n) is 8.46. The van der Waals surface area contributed by atoms with E-state index in [1.165, 1.54) is 0 Å². The van der Waals surface area contributed by atoms with Crippen molar-refractivity contribution < 1.29 is 9.90 Å². The third-order valence-electron chi connectivity index (χ3n) is 2.37. The largest absolute Gasteiger partial charge is 0.480 e. The molecule has 0 unspecified atom stereocenters. The lowest BCUT2D eigenvalue weighted by Crippen LogP contribution is -2.20.